The number of carbonyl (C=O) groups excluding carboxylic acids is 1. The lowest BCUT2D eigenvalue weighted by Crippen LogP contribution is -2.46. The number of hydrogen-bond acceptors (Lipinski definition) is 3. The fourth-order valence-electron chi connectivity index (χ4n) is 4.21. The Labute approximate surface area is 130 Å². The van der Waals surface area contributed by atoms with Crippen molar-refractivity contribution in [3.63, 3.8) is 0 Å². The molecule has 2 heterocycles. The number of hydrogen-bond donors (Lipinski definition) is 2. The van der Waals surface area contributed by atoms with Crippen molar-refractivity contribution in [2.45, 2.75) is 38.8 Å². The minimum atomic E-state index is -0.104. The Morgan fingerprint density at radius 2 is 2.27 bits per heavy atom. The molecule has 1 aromatic carbocycles. The van der Waals surface area contributed by atoms with E-state index < -0.39 is 0 Å². The number of nitrogens with zero attached hydrogens (tertiary/aromatic N) is 2. The smallest absolute Gasteiger partial charge is 0.248 e. The summed E-state index contributed by atoms with van der Waals surface area (Å²) in [5.74, 6) is 5.16. The summed E-state index contributed by atoms with van der Waals surface area (Å²) in [6.07, 6.45) is 3.46. The molecular formula is C17H22N4O. The summed E-state index contributed by atoms with van der Waals surface area (Å²) in [6, 6.07) is 7.11. The standard InChI is InChI=1S/C17H22N4O/c1-11-5-6-14-13(9-11)12-3-2-4-15-17(12)21(14)8-7-20(15)10-16(22)19-18/h5-6,9,15H,2-4,7-8,10,18H2,1H3,(H,19,22)/t15-/m0/s1. The number of fused-ring (bicyclic) bond motifs is 3. The molecule has 0 radical (unpaired) electrons. The predicted octanol–water partition coefficient (Wildman–Crippen LogP) is 1.63. The Bertz CT molecular complexity index is 749. The number of amides is 1. The maximum absolute atomic E-state index is 11.7. The van der Waals surface area contributed by atoms with Crippen LogP contribution in [0.1, 0.15) is 35.7 Å². The highest BCUT2D eigenvalue weighted by molar-refractivity contribution is 5.87. The number of carbonyl (C=O) groups is 1. The topological polar surface area (TPSA) is 63.3 Å². The molecule has 1 aromatic heterocycles. The van der Waals surface area contributed by atoms with Gasteiger partial charge in [-0.25, -0.2) is 5.84 Å². The number of nitrogens with two attached hydrogens (primary N) is 1. The highest BCUT2D eigenvalue weighted by Crippen LogP contribution is 2.42. The largest absolute Gasteiger partial charge is 0.342 e. The molecule has 0 bridgehead atoms. The maximum atomic E-state index is 11.7. The zero-order valence-corrected chi connectivity index (χ0v) is 12.9. The van der Waals surface area contributed by atoms with Crippen LogP contribution in [0, 0.1) is 6.92 Å². The van der Waals surface area contributed by atoms with Gasteiger partial charge in [0.2, 0.25) is 5.91 Å². The minimum absolute atomic E-state index is 0.104. The van der Waals surface area contributed by atoms with Crippen LogP contribution < -0.4 is 11.3 Å². The molecule has 5 heteroatoms. The molecule has 116 valence electrons. The molecule has 1 aliphatic carbocycles. The van der Waals surface area contributed by atoms with Crippen LogP contribution in [0.15, 0.2) is 18.2 Å². The van der Waals surface area contributed by atoms with Crippen LogP contribution in [0.4, 0.5) is 0 Å². The van der Waals surface area contributed by atoms with Gasteiger partial charge in [-0.2, -0.15) is 0 Å². The van der Waals surface area contributed by atoms with Crippen molar-refractivity contribution in [2.24, 2.45) is 5.84 Å². The Morgan fingerprint density at radius 1 is 1.41 bits per heavy atom. The zero-order valence-electron chi connectivity index (χ0n) is 12.9. The van der Waals surface area contributed by atoms with Gasteiger partial charge in [0.15, 0.2) is 0 Å². The monoisotopic (exact) mass is 298 g/mol. The molecule has 0 saturated heterocycles. The van der Waals surface area contributed by atoms with E-state index in [9.17, 15) is 4.79 Å². The second-order valence-corrected chi connectivity index (χ2v) is 6.48. The summed E-state index contributed by atoms with van der Waals surface area (Å²) in [5, 5.41) is 1.41. The second-order valence-electron chi connectivity index (χ2n) is 6.48. The van der Waals surface area contributed by atoms with Crippen molar-refractivity contribution >= 4 is 16.8 Å². The molecule has 1 atom stereocenters. The van der Waals surface area contributed by atoms with E-state index in [2.05, 4.69) is 40.0 Å². The molecule has 5 nitrogen and oxygen atoms in total. The first-order chi connectivity index (χ1) is 10.7. The molecule has 2 aromatic rings. The molecule has 4 rings (SSSR count). The maximum Gasteiger partial charge on any atom is 0.248 e. The summed E-state index contributed by atoms with van der Waals surface area (Å²) >= 11 is 0. The lowest BCUT2D eigenvalue weighted by Gasteiger charge is -2.39. The first-order valence-corrected chi connectivity index (χ1v) is 8.04. The average molecular weight is 298 g/mol. The molecule has 1 amide bonds. The van der Waals surface area contributed by atoms with E-state index in [0.29, 0.717) is 12.6 Å². The van der Waals surface area contributed by atoms with Crippen LogP contribution in [-0.4, -0.2) is 28.5 Å². The molecule has 0 fully saturated rings. The minimum Gasteiger partial charge on any atom is -0.342 e. The molecule has 2 aliphatic rings. The second kappa shape index (κ2) is 5.11. The van der Waals surface area contributed by atoms with Crippen molar-refractivity contribution in [1.82, 2.24) is 14.9 Å². The van der Waals surface area contributed by atoms with Crippen molar-refractivity contribution in [1.29, 1.82) is 0 Å². The third-order valence-electron chi connectivity index (χ3n) is 5.15. The first-order valence-electron chi connectivity index (χ1n) is 8.04. The third kappa shape index (κ3) is 1.96. The number of rotatable bonds is 2. The van der Waals surface area contributed by atoms with Crippen molar-refractivity contribution in [3.05, 3.63) is 35.0 Å². The Morgan fingerprint density at radius 3 is 3.09 bits per heavy atom. The summed E-state index contributed by atoms with van der Waals surface area (Å²) < 4.78 is 2.48. The van der Waals surface area contributed by atoms with E-state index >= 15 is 0 Å². The van der Waals surface area contributed by atoms with Gasteiger partial charge in [-0.3, -0.25) is 15.1 Å². The number of hydrazine groups is 1. The van der Waals surface area contributed by atoms with Crippen LogP contribution in [-0.2, 0) is 17.8 Å². The van der Waals surface area contributed by atoms with Gasteiger partial charge < -0.3 is 4.57 Å². The van der Waals surface area contributed by atoms with Gasteiger partial charge in [0.05, 0.1) is 12.6 Å². The number of aryl methyl sites for hydroxylation is 2. The molecule has 0 spiro atoms. The highest BCUT2D eigenvalue weighted by Gasteiger charge is 2.35. The van der Waals surface area contributed by atoms with Crippen molar-refractivity contribution < 1.29 is 4.79 Å². The van der Waals surface area contributed by atoms with Gasteiger partial charge in [0.1, 0.15) is 0 Å². The molecule has 3 N–H and O–H groups in total. The fraction of sp³-hybridized carbons (Fsp3) is 0.471. The van der Waals surface area contributed by atoms with Crippen LogP contribution >= 0.6 is 0 Å². The van der Waals surface area contributed by atoms with Gasteiger partial charge in [0.25, 0.3) is 0 Å². The molecule has 1 aliphatic heterocycles. The SMILES string of the molecule is Cc1ccc2c(c1)c1c3n2CCN(CC(=O)NN)[C@H]3CCC1. The van der Waals surface area contributed by atoms with E-state index in [0.717, 1.165) is 25.9 Å². The lowest BCUT2D eigenvalue weighted by molar-refractivity contribution is -0.123. The number of nitrogens with one attached hydrogen (secondary N) is 1. The summed E-state index contributed by atoms with van der Waals surface area (Å²) in [7, 11) is 0. The van der Waals surface area contributed by atoms with E-state index in [1.807, 2.05) is 0 Å². The number of benzene rings is 1. The Hall–Kier alpha value is -1.85. The predicted molar refractivity (Wildman–Crippen MR) is 86.3 cm³/mol. The average Bonchev–Trinajstić information content (AvgIpc) is 2.85. The molecule has 0 saturated carbocycles. The molecule has 22 heavy (non-hydrogen) atoms. The van der Waals surface area contributed by atoms with Crippen molar-refractivity contribution in [3.8, 4) is 0 Å². The van der Waals surface area contributed by atoms with Gasteiger partial charge in [-0.1, -0.05) is 11.6 Å². The van der Waals surface area contributed by atoms with Gasteiger partial charge in [-0.15, -0.1) is 0 Å². The summed E-state index contributed by atoms with van der Waals surface area (Å²) in [4.78, 5) is 14.0. The van der Waals surface area contributed by atoms with Gasteiger partial charge in [0, 0.05) is 29.7 Å². The Kier molecular flexibility index (Phi) is 3.20. The Balaban J connectivity index is 1.83. The van der Waals surface area contributed by atoms with E-state index in [-0.39, 0.29) is 5.91 Å². The third-order valence-corrected chi connectivity index (χ3v) is 5.15. The van der Waals surface area contributed by atoms with E-state index in [1.165, 1.54) is 34.1 Å². The van der Waals surface area contributed by atoms with Gasteiger partial charge >= 0.3 is 0 Å². The molecule has 0 unspecified atom stereocenters. The van der Waals surface area contributed by atoms with Crippen LogP contribution in [0.5, 0.6) is 0 Å². The quantitative estimate of drug-likeness (QED) is 0.503. The van der Waals surface area contributed by atoms with Crippen LogP contribution in [0.2, 0.25) is 0 Å². The van der Waals surface area contributed by atoms with Crippen LogP contribution in [0.25, 0.3) is 10.9 Å². The highest BCUT2D eigenvalue weighted by atomic mass is 16.2. The van der Waals surface area contributed by atoms with E-state index in [4.69, 9.17) is 5.84 Å². The van der Waals surface area contributed by atoms with Gasteiger partial charge in [-0.05, 0) is 43.9 Å². The van der Waals surface area contributed by atoms with Crippen molar-refractivity contribution in [2.75, 3.05) is 13.1 Å². The lowest BCUT2D eigenvalue weighted by atomic mass is 9.89. The molecular weight excluding hydrogens is 276 g/mol. The summed E-state index contributed by atoms with van der Waals surface area (Å²) in [6.45, 7) is 4.40. The number of aromatic nitrogens is 1. The first kappa shape index (κ1) is 13.8. The normalized spacial score (nSPS) is 20.9. The van der Waals surface area contributed by atoms with E-state index in [1.54, 1.807) is 0 Å². The summed E-state index contributed by atoms with van der Waals surface area (Å²) in [5.41, 5.74) is 7.85. The fourth-order valence-corrected chi connectivity index (χ4v) is 4.21. The zero-order chi connectivity index (χ0) is 15.3. The van der Waals surface area contributed by atoms with Crippen LogP contribution in [0.3, 0.4) is 0 Å².